The third kappa shape index (κ3) is 5.52. The van der Waals surface area contributed by atoms with E-state index >= 15 is 0 Å². The zero-order chi connectivity index (χ0) is 21.5. The Hall–Kier alpha value is -2.57. The molecule has 156 valence electrons. The largest absolute Gasteiger partial charge is 0.462 e. The Bertz CT molecular complexity index is 1010. The van der Waals surface area contributed by atoms with Crippen LogP contribution >= 0.6 is 23.1 Å². The van der Waals surface area contributed by atoms with Crippen molar-refractivity contribution in [3.8, 4) is 11.1 Å². The fraction of sp³-hybridized carbons (Fsp3) is 0.250. The smallest absolute Gasteiger partial charge is 0.341 e. The molecule has 0 unspecified atom stereocenters. The van der Waals surface area contributed by atoms with Gasteiger partial charge < -0.3 is 10.1 Å². The SMILES string of the molecule is CCOC(=O)c1c(-c2ccc(CC)cc2)csc1NC(=O)CSc1ccc(C)cc1. The number of benzene rings is 2. The molecule has 30 heavy (non-hydrogen) atoms. The van der Waals surface area contributed by atoms with E-state index in [9.17, 15) is 9.59 Å². The molecular weight excluding hydrogens is 414 g/mol. The van der Waals surface area contributed by atoms with Crippen LogP contribution in [0.4, 0.5) is 5.00 Å². The Morgan fingerprint density at radius 3 is 2.37 bits per heavy atom. The molecule has 1 amide bonds. The van der Waals surface area contributed by atoms with Gasteiger partial charge in [0.15, 0.2) is 0 Å². The van der Waals surface area contributed by atoms with E-state index in [1.807, 2.05) is 48.7 Å². The highest BCUT2D eigenvalue weighted by molar-refractivity contribution is 8.00. The zero-order valence-electron chi connectivity index (χ0n) is 17.4. The number of carbonyl (C=O) groups is 2. The highest BCUT2D eigenvalue weighted by atomic mass is 32.2. The van der Waals surface area contributed by atoms with Gasteiger partial charge in [-0.25, -0.2) is 4.79 Å². The lowest BCUT2D eigenvalue weighted by molar-refractivity contribution is -0.113. The van der Waals surface area contributed by atoms with Crippen molar-refractivity contribution >= 4 is 40.0 Å². The van der Waals surface area contributed by atoms with E-state index in [0.29, 0.717) is 10.6 Å². The van der Waals surface area contributed by atoms with Crippen molar-refractivity contribution in [1.29, 1.82) is 0 Å². The molecule has 1 N–H and O–H groups in total. The van der Waals surface area contributed by atoms with E-state index in [1.54, 1.807) is 6.92 Å². The Kier molecular flexibility index (Phi) is 7.71. The second-order valence-corrected chi connectivity index (χ2v) is 8.70. The number of thiophene rings is 1. The first kappa shape index (κ1) is 22.1. The predicted octanol–water partition coefficient (Wildman–Crippen LogP) is 6.19. The molecule has 1 heterocycles. The van der Waals surface area contributed by atoms with Gasteiger partial charge >= 0.3 is 5.97 Å². The molecule has 0 aliphatic heterocycles. The van der Waals surface area contributed by atoms with Crippen LogP contribution in [-0.2, 0) is 16.0 Å². The summed E-state index contributed by atoms with van der Waals surface area (Å²) in [5.74, 6) is -0.306. The van der Waals surface area contributed by atoms with Gasteiger partial charge in [0.25, 0.3) is 0 Å². The van der Waals surface area contributed by atoms with Crippen molar-refractivity contribution in [3.63, 3.8) is 0 Å². The lowest BCUT2D eigenvalue weighted by atomic mass is 10.0. The third-order valence-electron chi connectivity index (χ3n) is 4.59. The van der Waals surface area contributed by atoms with Crippen LogP contribution in [0.2, 0.25) is 0 Å². The minimum atomic E-state index is -0.421. The zero-order valence-corrected chi connectivity index (χ0v) is 19.0. The number of carbonyl (C=O) groups excluding carboxylic acids is 2. The molecule has 2 aromatic carbocycles. The maximum absolute atomic E-state index is 12.7. The lowest BCUT2D eigenvalue weighted by Gasteiger charge is -2.09. The fourth-order valence-electron chi connectivity index (χ4n) is 2.93. The Labute approximate surface area is 185 Å². The van der Waals surface area contributed by atoms with Crippen molar-refractivity contribution in [2.75, 3.05) is 17.7 Å². The van der Waals surface area contributed by atoms with E-state index < -0.39 is 5.97 Å². The molecule has 3 aromatic rings. The van der Waals surface area contributed by atoms with Crippen LogP contribution in [0.25, 0.3) is 11.1 Å². The second-order valence-electron chi connectivity index (χ2n) is 6.77. The van der Waals surface area contributed by atoms with E-state index in [2.05, 4.69) is 24.4 Å². The highest BCUT2D eigenvalue weighted by Crippen LogP contribution is 2.36. The number of thioether (sulfide) groups is 1. The monoisotopic (exact) mass is 439 g/mol. The second kappa shape index (κ2) is 10.5. The van der Waals surface area contributed by atoms with E-state index in [-0.39, 0.29) is 18.3 Å². The molecule has 0 bridgehead atoms. The molecule has 1 aromatic heterocycles. The number of hydrogen-bond acceptors (Lipinski definition) is 5. The van der Waals surface area contributed by atoms with Crippen molar-refractivity contribution in [2.45, 2.75) is 32.1 Å². The highest BCUT2D eigenvalue weighted by Gasteiger charge is 2.22. The van der Waals surface area contributed by atoms with Gasteiger partial charge in [0, 0.05) is 15.8 Å². The summed E-state index contributed by atoms with van der Waals surface area (Å²) < 4.78 is 5.27. The number of aryl methyl sites for hydroxylation is 2. The molecule has 0 atom stereocenters. The van der Waals surface area contributed by atoms with Gasteiger partial charge in [-0.2, -0.15) is 0 Å². The van der Waals surface area contributed by atoms with Crippen molar-refractivity contribution in [2.24, 2.45) is 0 Å². The molecule has 0 saturated carbocycles. The fourth-order valence-corrected chi connectivity index (χ4v) is 4.61. The van der Waals surface area contributed by atoms with Crippen LogP contribution < -0.4 is 5.32 Å². The molecule has 3 rings (SSSR count). The Morgan fingerprint density at radius 1 is 1.03 bits per heavy atom. The summed E-state index contributed by atoms with van der Waals surface area (Å²) >= 11 is 2.81. The van der Waals surface area contributed by atoms with Gasteiger partial charge in [0.2, 0.25) is 5.91 Å². The Morgan fingerprint density at radius 2 is 1.73 bits per heavy atom. The van der Waals surface area contributed by atoms with Crippen molar-refractivity contribution < 1.29 is 14.3 Å². The topological polar surface area (TPSA) is 55.4 Å². The summed E-state index contributed by atoms with van der Waals surface area (Å²) in [6, 6.07) is 16.2. The summed E-state index contributed by atoms with van der Waals surface area (Å²) in [6.07, 6.45) is 0.953. The van der Waals surface area contributed by atoms with Gasteiger partial charge in [-0.15, -0.1) is 23.1 Å². The number of ether oxygens (including phenoxy) is 1. The maximum atomic E-state index is 12.7. The maximum Gasteiger partial charge on any atom is 0.341 e. The number of nitrogens with one attached hydrogen (secondary N) is 1. The average molecular weight is 440 g/mol. The van der Waals surface area contributed by atoms with E-state index in [1.165, 1.54) is 34.2 Å². The number of amides is 1. The summed E-state index contributed by atoms with van der Waals surface area (Å²) in [5, 5.41) is 5.33. The average Bonchev–Trinajstić information content (AvgIpc) is 3.17. The minimum Gasteiger partial charge on any atom is -0.462 e. The van der Waals surface area contributed by atoms with Gasteiger partial charge in [-0.05, 0) is 43.5 Å². The summed E-state index contributed by atoms with van der Waals surface area (Å²) in [6.45, 7) is 6.18. The molecule has 0 spiro atoms. The molecule has 0 radical (unpaired) electrons. The summed E-state index contributed by atoms with van der Waals surface area (Å²) in [4.78, 5) is 26.2. The summed E-state index contributed by atoms with van der Waals surface area (Å²) in [5.41, 5.74) is 4.54. The quantitative estimate of drug-likeness (QED) is 0.336. The summed E-state index contributed by atoms with van der Waals surface area (Å²) in [7, 11) is 0. The van der Waals surface area contributed by atoms with Crippen LogP contribution in [0.3, 0.4) is 0 Å². The van der Waals surface area contributed by atoms with Crippen LogP contribution in [-0.4, -0.2) is 24.2 Å². The first-order chi connectivity index (χ1) is 14.5. The molecule has 0 saturated heterocycles. The number of hydrogen-bond donors (Lipinski definition) is 1. The predicted molar refractivity (Wildman–Crippen MR) is 126 cm³/mol. The first-order valence-corrected chi connectivity index (χ1v) is 11.8. The first-order valence-electron chi connectivity index (χ1n) is 9.89. The van der Waals surface area contributed by atoms with Crippen molar-refractivity contribution in [3.05, 3.63) is 70.6 Å². The van der Waals surface area contributed by atoms with E-state index in [0.717, 1.165) is 22.4 Å². The minimum absolute atomic E-state index is 0.152. The van der Waals surface area contributed by atoms with Gasteiger partial charge in [0.05, 0.1) is 12.4 Å². The standard InChI is InChI=1S/C24H25NO3S2/c1-4-17-8-10-18(11-9-17)20-14-30-23(22(20)24(27)28-5-2)25-21(26)15-29-19-12-6-16(3)7-13-19/h6-14H,4-5,15H2,1-3H3,(H,25,26). The van der Waals surface area contributed by atoms with Crippen LogP contribution in [0.15, 0.2) is 58.8 Å². The van der Waals surface area contributed by atoms with Gasteiger partial charge in [0.1, 0.15) is 10.6 Å². The molecular formula is C24H25NO3S2. The van der Waals surface area contributed by atoms with Crippen LogP contribution in [0.5, 0.6) is 0 Å². The normalized spacial score (nSPS) is 10.6. The lowest BCUT2D eigenvalue weighted by Crippen LogP contribution is -2.16. The van der Waals surface area contributed by atoms with Gasteiger partial charge in [-0.1, -0.05) is 48.9 Å². The van der Waals surface area contributed by atoms with Gasteiger partial charge in [-0.3, -0.25) is 4.79 Å². The molecule has 6 heteroatoms. The number of rotatable bonds is 8. The Balaban J connectivity index is 1.79. The van der Waals surface area contributed by atoms with Crippen LogP contribution in [0, 0.1) is 6.92 Å². The molecule has 0 aliphatic rings. The molecule has 0 aliphatic carbocycles. The van der Waals surface area contributed by atoms with Crippen molar-refractivity contribution in [1.82, 2.24) is 0 Å². The van der Waals surface area contributed by atoms with Crippen LogP contribution in [0.1, 0.15) is 35.3 Å². The number of anilines is 1. The third-order valence-corrected chi connectivity index (χ3v) is 6.50. The molecule has 4 nitrogen and oxygen atoms in total. The van der Waals surface area contributed by atoms with E-state index in [4.69, 9.17) is 4.74 Å². The number of esters is 1. The molecule has 0 fully saturated rings.